The van der Waals surface area contributed by atoms with E-state index in [1.807, 2.05) is 0 Å². The minimum absolute atomic E-state index is 0.692. The predicted molar refractivity (Wildman–Crippen MR) is 79.9 cm³/mol. The number of carbonyl (C=O) groups is 2. The predicted octanol–water partition coefficient (Wildman–Crippen LogP) is 2.41. The van der Waals surface area contributed by atoms with Gasteiger partial charge in [0.15, 0.2) is 0 Å². The van der Waals surface area contributed by atoms with Gasteiger partial charge in [-0.2, -0.15) is 0 Å². The lowest BCUT2D eigenvalue weighted by atomic mass is 9.98. The number of hydrogen-bond donors (Lipinski definition) is 1. The van der Waals surface area contributed by atoms with Gasteiger partial charge in [-0.3, -0.25) is 9.59 Å². The molecular weight excluding hydrogens is 292 g/mol. The summed E-state index contributed by atoms with van der Waals surface area (Å²) in [5, 5.41) is 0. The summed E-state index contributed by atoms with van der Waals surface area (Å²) in [4.78, 5) is 34.4. The van der Waals surface area contributed by atoms with E-state index in [0.717, 1.165) is 0 Å². The molecule has 0 atom stereocenters. The molecule has 0 aliphatic rings. The van der Waals surface area contributed by atoms with Crippen LogP contribution in [-0.4, -0.2) is 31.4 Å². The van der Waals surface area contributed by atoms with Crippen molar-refractivity contribution in [1.82, 2.24) is 0 Å². The largest absolute Gasteiger partial charge is 0.822 e. The first-order valence-electron chi connectivity index (χ1n) is 6.86. The molecule has 21 heavy (non-hydrogen) atoms. The highest BCUT2D eigenvalue weighted by Gasteiger charge is 2.55. The minimum atomic E-state index is -4.43. The molecule has 0 rings (SSSR count). The Kier molecular flexibility index (Phi) is 5.79. The summed E-state index contributed by atoms with van der Waals surface area (Å²) < 4.78 is 15.4. The van der Waals surface area contributed by atoms with Gasteiger partial charge in [0.1, 0.15) is 0 Å². The van der Waals surface area contributed by atoms with E-state index in [-0.39, 0.29) is 0 Å². The van der Waals surface area contributed by atoms with E-state index >= 15 is 0 Å². The van der Waals surface area contributed by atoms with Crippen LogP contribution in [0.3, 0.4) is 0 Å². The maximum Gasteiger partial charge on any atom is 0.822 e. The van der Waals surface area contributed by atoms with Gasteiger partial charge >= 0.3 is 21.0 Å². The number of rotatable bonds is 3. The second-order valence-electron chi connectivity index (χ2n) is 8.02. The fraction of sp³-hybridized carbons (Fsp3) is 0.857. The molecule has 1 N–H and O–H groups in total. The summed E-state index contributed by atoms with van der Waals surface area (Å²) in [5.41, 5.74) is -2.54. The van der Waals surface area contributed by atoms with Crippen LogP contribution < -0.4 is 0 Å². The van der Waals surface area contributed by atoms with E-state index in [1.54, 1.807) is 62.3 Å². The molecule has 0 aromatic carbocycles. The van der Waals surface area contributed by atoms with Crippen LogP contribution in [-0.2, 0) is 22.9 Å². The monoisotopic (exact) mass is 320 g/mol. The third-order valence-corrected chi connectivity index (χ3v) is 3.86. The molecule has 0 unspecified atom stereocenters. The van der Waals surface area contributed by atoms with Gasteiger partial charge in [0.2, 0.25) is 0 Å². The second-order valence-corrected chi connectivity index (χ2v) is 9.68. The zero-order valence-electron chi connectivity index (χ0n) is 14.5. The van der Waals surface area contributed by atoms with Crippen molar-refractivity contribution in [1.29, 1.82) is 0 Å². The molecule has 0 aliphatic heterocycles. The topological polar surface area (TPSA) is 82.1 Å². The second kappa shape index (κ2) is 6.06. The Balaban J connectivity index is 5.30. The average Bonchev–Trinajstić information content (AvgIpc) is 2.09. The van der Waals surface area contributed by atoms with Gasteiger partial charge in [-0.15, -0.1) is 0 Å². The Labute approximate surface area is 128 Å². The van der Waals surface area contributed by atoms with Gasteiger partial charge in [0.05, 0.1) is 16.4 Å². The molecule has 0 spiro atoms. The molecule has 0 radical (unpaired) electrons. The zero-order chi connectivity index (χ0) is 17.3. The highest BCUT2D eigenvalue weighted by Crippen LogP contribution is 2.25. The molecule has 0 aliphatic carbocycles. The van der Waals surface area contributed by atoms with Crippen LogP contribution in [0.5, 0.6) is 0 Å². The Morgan fingerprint density at radius 3 is 1.24 bits per heavy atom. The molecule has 0 aromatic rings. The molecular formula is C14H28O6Si. The van der Waals surface area contributed by atoms with Gasteiger partial charge in [-0.1, -0.05) is 0 Å². The molecule has 0 fully saturated rings. The number of carbonyl (C=O) groups excluding carboxylic acids is 2. The Morgan fingerprint density at radius 2 is 1.05 bits per heavy atom. The van der Waals surface area contributed by atoms with Crippen LogP contribution in [0.15, 0.2) is 0 Å². The van der Waals surface area contributed by atoms with Gasteiger partial charge in [-0.25, -0.2) is 0 Å². The van der Waals surface area contributed by atoms with Crippen molar-refractivity contribution < 1.29 is 27.7 Å². The summed E-state index contributed by atoms with van der Waals surface area (Å²) in [5.74, 6) is -1.38. The van der Waals surface area contributed by atoms with Crippen LogP contribution >= 0.6 is 0 Å². The first-order valence-corrected chi connectivity index (χ1v) is 8.53. The molecule has 0 saturated carbocycles. The molecule has 7 heteroatoms. The molecule has 124 valence electrons. The standard InChI is InChI=1S/C14H28O6Si/c1-12(2,3)10(15)18-21(17,20-14(7,8)9)19-11(16)13(4,5)6/h17H,1-9H3. The maximum absolute atomic E-state index is 12.0. The van der Waals surface area contributed by atoms with Crippen molar-refractivity contribution in [2.45, 2.75) is 67.9 Å². The van der Waals surface area contributed by atoms with Crippen molar-refractivity contribution in [2.75, 3.05) is 0 Å². The summed E-state index contributed by atoms with van der Waals surface area (Å²) >= 11 is 0. The molecule has 6 nitrogen and oxygen atoms in total. The van der Waals surface area contributed by atoms with Crippen LogP contribution in [0.1, 0.15) is 62.3 Å². The lowest BCUT2D eigenvalue weighted by Crippen LogP contribution is -2.55. The molecule has 0 heterocycles. The van der Waals surface area contributed by atoms with E-state index in [9.17, 15) is 14.4 Å². The lowest BCUT2D eigenvalue weighted by molar-refractivity contribution is -0.164. The third kappa shape index (κ3) is 7.59. The maximum atomic E-state index is 12.0. The smallest absolute Gasteiger partial charge is 0.442 e. The van der Waals surface area contributed by atoms with Gasteiger partial charge in [-0.05, 0) is 62.3 Å². The van der Waals surface area contributed by atoms with Crippen LogP contribution in [0.25, 0.3) is 0 Å². The normalized spacial score (nSPS) is 13.8. The molecule has 0 amide bonds. The summed E-state index contributed by atoms with van der Waals surface area (Å²) in [6.07, 6.45) is 0. The minimum Gasteiger partial charge on any atom is -0.442 e. The first-order chi connectivity index (χ1) is 8.96. The quantitative estimate of drug-likeness (QED) is 0.804. The third-order valence-electron chi connectivity index (χ3n) is 2.10. The summed E-state index contributed by atoms with van der Waals surface area (Å²) in [6.45, 7) is 14.8. The van der Waals surface area contributed by atoms with Gasteiger partial charge in [0.25, 0.3) is 0 Å². The van der Waals surface area contributed by atoms with Crippen LogP contribution in [0.2, 0.25) is 0 Å². The Hall–Kier alpha value is -0.923. The van der Waals surface area contributed by atoms with E-state index in [0.29, 0.717) is 0 Å². The van der Waals surface area contributed by atoms with Crippen molar-refractivity contribution in [2.24, 2.45) is 10.8 Å². The highest BCUT2D eigenvalue weighted by molar-refractivity contribution is 6.56. The molecule has 0 bridgehead atoms. The average molecular weight is 320 g/mol. The van der Waals surface area contributed by atoms with E-state index in [1.165, 1.54) is 0 Å². The van der Waals surface area contributed by atoms with Crippen molar-refractivity contribution in [3.63, 3.8) is 0 Å². The molecule has 0 saturated heterocycles. The van der Waals surface area contributed by atoms with E-state index in [4.69, 9.17) is 13.3 Å². The lowest BCUT2D eigenvalue weighted by Gasteiger charge is -2.32. The fourth-order valence-electron chi connectivity index (χ4n) is 0.990. The highest BCUT2D eigenvalue weighted by atomic mass is 28.4. The van der Waals surface area contributed by atoms with Crippen molar-refractivity contribution in [3.05, 3.63) is 0 Å². The first kappa shape index (κ1) is 20.1. The van der Waals surface area contributed by atoms with Crippen LogP contribution in [0, 0.1) is 10.8 Å². The van der Waals surface area contributed by atoms with E-state index in [2.05, 4.69) is 0 Å². The Morgan fingerprint density at radius 1 is 0.762 bits per heavy atom. The van der Waals surface area contributed by atoms with E-state index < -0.39 is 37.4 Å². The van der Waals surface area contributed by atoms with Gasteiger partial charge in [0, 0.05) is 0 Å². The van der Waals surface area contributed by atoms with Crippen LogP contribution in [0.4, 0.5) is 0 Å². The van der Waals surface area contributed by atoms with Crippen molar-refractivity contribution >= 4 is 21.0 Å². The molecule has 0 aromatic heterocycles. The summed E-state index contributed by atoms with van der Waals surface area (Å²) in [7, 11) is -4.43. The SMILES string of the molecule is CC(C)(C)O[Si](O)(OC(=O)C(C)(C)C)OC(=O)C(C)(C)C. The number of hydrogen-bond acceptors (Lipinski definition) is 6. The summed E-state index contributed by atoms with van der Waals surface area (Å²) in [6, 6.07) is 0. The zero-order valence-corrected chi connectivity index (χ0v) is 15.5. The van der Waals surface area contributed by atoms with Gasteiger partial charge < -0.3 is 18.1 Å². The Bertz CT molecular complexity index is 369. The fourth-order valence-corrected chi connectivity index (χ4v) is 2.97. The van der Waals surface area contributed by atoms with Crippen molar-refractivity contribution in [3.8, 4) is 0 Å².